The van der Waals surface area contributed by atoms with Gasteiger partial charge in [-0.25, -0.2) is 12.8 Å². The monoisotopic (exact) mass is 289 g/mol. The SMILES string of the molecule is COc1cc(S(=O)(=O)N2CC[NH+](C)CC2)ccc1F. The second kappa shape index (κ2) is 5.44. The van der Waals surface area contributed by atoms with E-state index >= 15 is 0 Å². The summed E-state index contributed by atoms with van der Waals surface area (Å²) < 4.78 is 44.4. The van der Waals surface area contributed by atoms with Crippen LogP contribution in [0.15, 0.2) is 23.1 Å². The fourth-order valence-electron chi connectivity index (χ4n) is 2.06. The van der Waals surface area contributed by atoms with E-state index in [1.165, 1.54) is 28.4 Å². The molecule has 1 aliphatic rings. The summed E-state index contributed by atoms with van der Waals surface area (Å²) in [5.74, 6) is -0.620. The van der Waals surface area contributed by atoms with Crippen molar-refractivity contribution in [2.75, 3.05) is 40.3 Å². The number of hydrogen-bond acceptors (Lipinski definition) is 3. The zero-order valence-corrected chi connectivity index (χ0v) is 11.8. The highest BCUT2D eigenvalue weighted by Gasteiger charge is 2.29. The maximum atomic E-state index is 13.3. The molecule has 2 rings (SSSR count). The third-order valence-corrected chi connectivity index (χ3v) is 5.23. The van der Waals surface area contributed by atoms with Gasteiger partial charge >= 0.3 is 0 Å². The van der Waals surface area contributed by atoms with Crippen molar-refractivity contribution in [1.29, 1.82) is 0 Å². The van der Waals surface area contributed by atoms with Gasteiger partial charge in [0.1, 0.15) is 0 Å². The molecule has 7 heteroatoms. The minimum absolute atomic E-state index is 0.0548. The van der Waals surface area contributed by atoms with E-state index in [0.717, 1.165) is 19.2 Å². The van der Waals surface area contributed by atoms with Crippen LogP contribution in [0.3, 0.4) is 0 Å². The summed E-state index contributed by atoms with van der Waals surface area (Å²) in [7, 11) is -0.215. The largest absolute Gasteiger partial charge is 0.494 e. The van der Waals surface area contributed by atoms with Crippen LogP contribution in [0.25, 0.3) is 0 Å². The van der Waals surface area contributed by atoms with Gasteiger partial charge in [0.2, 0.25) is 10.0 Å². The molecule has 0 radical (unpaired) electrons. The van der Waals surface area contributed by atoms with E-state index in [2.05, 4.69) is 0 Å². The first-order valence-corrected chi connectivity index (χ1v) is 7.54. The molecule has 0 aliphatic carbocycles. The average Bonchev–Trinajstić information content (AvgIpc) is 2.39. The van der Waals surface area contributed by atoms with E-state index < -0.39 is 15.8 Å². The quantitative estimate of drug-likeness (QED) is 0.805. The zero-order valence-electron chi connectivity index (χ0n) is 11.0. The molecule has 19 heavy (non-hydrogen) atoms. The fraction of sp³-hybridized carbons (Fsp3) is 0.500. The maximum Gasteiger partial charge on any atom is 0.243 e. The smallest absolute Gasteiger partial charge is 0.243 e. The second-order valence-corrected chi connectivity index (χ2v) is 6.60. The lowest BCUT2D eigenvalue weighted by molar-refractivity contribution is -0.883. The second-order valence-electron chi connectivity index (χ2n) is 4.66. The Hall–Kier alpha value is -1.18. The number of benzene rings is 1. The van der Waals surface area contributed by atoms with Crippen LogP contribution in [0.5, 0.6) is 5.75 Å². The third kappa shape index (κ3) is 2.88. The molecule has 0 bridgehead atoms. The normalized spacial score (nSPS) is 18.5. The number of ether oxygens (including phenoxy) is 1. The van der Waals surface area contributed by atoms with Gasteiger partial charge < -0.3 is 9.64 Å². The van der Waals surface area contributed by atoms with Crippen LogP contribution in [0.4, 0.5) is 4.39 Å². The van der Waals surface area contributed by atoms with Gasteiger partial charge in [-0.05, 0) is 12.1 Å². The summed E-state index contributed by atoms with van der Waals surface area (Å²) in [6, 6.07) is 3.63. The number of likely N-dealkylation sites (N-methyl/N-ethyl adjacent to an activating group) is 1. The summed E-state index contributed by atoms with van der Waals surface area (Å²) in [6.07, 6.45) is 0. The highest BCUT2D eigenvalue weighted by Crippen LogP contribution is 2.23. The molecular formula is C12H18FN2O3S+. The van der Waals surface area contributed by atoms with Crippen LogP contribution < -0.4 is 9.64 Å². The Kier molecular flexibility index (Phi) is 4.07. The Morgan fingerprint density at radius 3 is 2.53 bits per heavy atom. The number of piperazine rings is 1. The van der Waals surface area contributed by atoms with Crippen molar-refractivity contribution < 1.29 is 22.4 Å². The molecule has 1 N–H and O–H groups in total. The number of nitrogens with zero attached hydrogens (tertiary/aromatic N) is 1. The number of nitrogens with one attached hydrogen (secondary N) is 1. The van der Waals surface area contributed by atoms with E-state index in [0.29, 0.717) is 13.1 Å². The molecule has 0 atom stereocenters. The van der Waals surface area contributed by atoms with Crippen LogP contribution in [0.1, 0.15) is 0 Å². The van der Waals surface area contributed by atoms with Gasteiger partial charge in [-0.2, -0.15) is 4.31 Å². The van der Waals surface area contributed by atoms with Gasteiger partial charge in [0, 0.05) is 6.07 Å². The maximum absolute atomic E-state index is 13.3. The molecule has 0 unspecified atom stereocenters. The zero-order chi connectivity index (χ0) is 14.0. The molecule has 106 valence electrons. The van der Waals surface area contributed by atoms with Gasteiger partial charge in [-0.1, -0.05) is 0 Å². The van der Waals surface area contributed by atoms with Gasteiger partial charge in [0.05, 0.1) is 45.2 Å². The van der Waals surface area contributed by atoms with Crippen molar-refractivity contribution in [3.05, 3.63) is 24.0 Å². The minimum atomic E-state index is -3.56. The highest BCUT2D eigenvalue weighted by molar-refractivity contribution is 7.89. The molecule has 0 amide bonds. The van der Waals surface area contributed by atoms with Gasteiger partial charge in [0.15, 0.2) is 11.6 Å². The first-order valence-electron chi connectivity index (χ1n) is 6.10. The predicted octanol–water partition coefficient (Wildman–Crippen LogP) is -0.647. The van der Waals surface area contributed by atoms with E-state index in [1.54, 1.807) is 0 Å². The molecule has 1 aromatic rings. The Morgan fingerprint density at radius 1 is 1.32 bits per heavy atom. The number of quaternary nitrogens is 1. The minimum Gasteiger partial charge on any atom is -0.494 e. The van der Waals surface area contributed by atoms with E-state index in [-0.39, 0.29) is 10.6 Å². The van der Waals surface area contributed by atoms with Crippen LogP contribution in [-0.2, 0) is 10.0 Å². The lowest BCUT2D eigenvalue weighted by Gasteiger charge is -2.29. The number of methoxy groups -OCH3 is 1. The average molecular weight is 289 g/mol. The molecule has 0 spiro atoms. The van der Waals surface area contributed by atoms with Crippen molar-refractivity contribution in [3.63, 3.8) is 0 Å². The predicted molar refractivity (Wildman–Crippen MR) is 68.3 cm³/mol. The number of halogens is 1. The summed E-state index contributed by atoms with van der Waals surface area (Å²) in [4.78, 5) is 1.38. The van der Waals surface area contributed by atoms with E-state index in [9.17, 15) is 12.8 Å². The van der Waals surface area contributed by atoms with Crippen molar-refractivity contribution in [1.82, 2.24) is 4.31 Å². The van der Waals surface area contributed by atoms with Gasteiger partial charge in [-0.15, -0.1) is 0 Å². The summed E-state index contributed by atoms with van der Waals surface area (Å²) in [6.45, 7) is 2.51. The van der Waals surface area contributed by atoms with Crippen LogP contribution in [0, 0.1) is 5.82 Å². The summed E-state index contributed by atoms with van der Waals surface area (Å²) in [5, 5.41) is 0. The number of hydrogen-bond donors (Lipinski definition) is 1. The van der Waals surface area contributed by atoms with Crippen molar-refractivity contribution in [2.45, 2.75) is 4.90 Å². The standard InChI is InChI=1S/C12H17FN2O3S/c1-14-5-7-15(8-6-14)19(16,17)10-3-4-11(13)12(9-10)18-2/h3-4,9H,5-8H2,1-2H3/p+1. The lowest BCUT2D eigenvalue weighted by Crippen LogP contribution is -3.12. The van der Waals surface area contributed by atoms with Gasteiger partial charge in [0.25, 0.3) is 0 Å². The topological polar surface area (TPSA) is 51.1 Å². The van der Waals surface area contributed by atoms with Crippen LogP contribution >= 0.6 is 0 Å². The number of rotatable bonds is 3. The summed E-state index contributed by atoms with van der Waals surface area (Å²) >= 11 is 0. The summed E-state index contributed by atoms with van der Waals surface area (Å²) in [5.41, 5.74) is 0. The molecule has 1 saturated heterocycles. The molecule has 5 nitrogen and oxygen atoms in total. The van der Waals surface area contributed by atoms with Crippen molar-refractivity contribution in [3.8, 4) is 5.75 Å². The fourth-order valence-corrected chi connectivity index (χ4v) is 3.52. The molecule has 1 fully saturated rings. The van der Waals surface area contributed by atoms with Crippen LogP contribution in [0.2, 0.25) is 0 Å². The molecule has 1 aromatic carbocycles. The van der Waals surface area contributed by atoms with E-state index in [4.69, 9.17) is 4.74 Å². The van der Waals surface area contributed by atoms with Gasteiger partial charge in [-0.3, -0.25) is 0 Å². The van der Waals surface area contributed by atoms with Crippen molar-refractivity contribution >= 4 is 10.0 Å². The molecule has 1 heterocycles. The molecular weight excluding hydrogens is 271 g/mol. The van der Waals surface area contributed by atoms with Crippen LogP contribution in [-0.4, -0.2) is 53.1 Å². The molecule has 0 saturated carbocycles. The Bertz CT molecular complexity index is 554. The third-order valence-electron chi connectivity index (χ3n) is 3.34. The first-order chi connectivity index (χ1) is 8.95. The lowest BCUT2D eigenvalue weighted by atomic mass is 10.3. The molecule has 0 aromatic heterocycles. The number of sulfonamides is 1. The van der Waals surface area contributed by atoms with E-state index in [1.807, 2.05) is 7.05 Å². The molecule has 1 aliphatic heterocycles. The Morgan fingerprint density at radius 2 is 1.95 bits per heavy atom. The highest BCUT2D eigenvalue weighted by atomic mass is 32.2. The Balaban J connectivity index is 2.29. The van der Waals surface area contributed by atoms with Crippen molar-refractivity contribution in [2.24, 2.45) is 0 Å². The Labute approximate surface area is 112 Å². The first kappa shape index (κ1) is 14.2.